The van der Waals surface area contributed by atoms with Crippen LogP contribution >= 0.6 is 0 Å². The molecular formula is C18H28O. The first-order valence-corrected chi connectivity index (χ1v) is 8.55. The molecule has 1 nitrogen and oxygen atoms in total. The molecule has 0 spiro atoms. The molecule has 0 N–H and O–H groups in total. The van der Waals surface area contributed by atoms with Crippen molar-refractivity contribution in [3.8, 4) is 0 Å². The molecule has 4 saturated carbocycles. The molecule has 106 valence electrons. The van der Waals surface area contributed by atoms with Crippen LogP contribution in [0.2, 0.25) is 0 Å². The first-order chi connectivity index (χ1) is 9.03. The predicted octanol–water partition coefficient (Wildman–Crippen LogP) is 4.60. The van der Waals surface area contributed by atoms with E-state index in [2.05, 4.69) is 13.8 Å². The fourth-order valence-corrected chi connectivity index (χ4v) is 6.91. The van der Waals surface area contributed by atoms with Crippen molar-refractivity contribution >= 4 is 5.78 Å². The Hall–Kier alpha value is -0.330. The highest BCUT2D eigenvalue weighted by molar-refractivity contribution is 5.82. The van der Waals surface area contributed by atoms with Gasteiger partial charge in [0.15, 0.2) is 0 Å². The van der Waals surface area contributed by atoms with E-state index in [9.17, 15) is 4.79 Å². The summed E-state index contributed by atoms with van der Waals surface area (Å²) in [5.74, 6) is 4.10. The highest BCUT2D eigenvalue weighted by Gasteiger charge is 2.59. The van der Waals surface area contributed by atoms with E-state index in [1.165, 1.54) is 44.9 Å². The molecule has 0 unspecified atom stereocenters. The number of ketones is 1. The van der Waals surface area contributed by atoms with E-state index in [1.54, 1.807) is 0 Å². The Morgan fingerprint density at radius 1 is 1.00 bits per heavy atom. The molecule has 0 heterocycles. The Labute approximate surface area is 117 Å². The van der Waals surface area contributed by atoms with Crippen molar-refractivity contribution in [2.75, 3.05) is 0 Å². The normalized spacial score (nSPS) is 56.6. The SMILES string of the molecule is C[C@@]12CCC[C@H]1[C@@H]1CC[C@H]3CC(=O)C[C@]3(C)[C@@H]1CC2. The zero-order valence-electron chi connectivity index (χ0n) is 12.6. The lowest BCUT2D eigenvalue weighted by atomic mass is 9.48. The number of hydrogen-bond acceptors (Lipinski definition) is 1. The molecule has 19 heavy (non-hydrogen) atoms. The summed E-state index contributed by atoms with van der Waals surface area (Å²) in [5, 5.41) is 0. The molecule has 0 radical (unpaired) electrons. The average Bonchev–Trinajstić information content (AvgIpc) is 2.87. The maximum absolute atomic E-state index is 12.0. The maximum atomic E-state index is 12.0. The van der Waals surface area contributed by atoms with Crippen LogP contribution in [0.3, 0.4) is 0 Å². The smallest absolute Gasteiger partial charge is 0.133 e. The molecular weight excluding hydrogens is 232 g/mol. The monoisotopic (exact) mass is 260 g/mol. The van der Waals surface area contributed by atoms with Crippen molar-refractivity contribution in [2.45, 2.75) is 71.6 Å². The minimum atomic E-state index is 0.379. The molecule has 0 aromatic heterocycles. The summed E-state index contributed by atoms with van der Waals surface area (Å²) < 4.78 is 0. The molecule has 4 fully saturated rings. The van der Waals surface area contributed by atoms with Gasteiger partial charge in [-0.25, -0.2) is 0 Å². The minimum absolute atomic E-state index is 0.379. The third-order valence-corrected chi connectivity index (χ3v) is 7.90. The van der Waals surface area contributed by atoms with E-state index in [0.717, 1.165) is 36.5 Å². The van der Waals surface area contributed by atoms with E-state index in [4.69, 9.17) is 0 Å². The van der Waals surface area contributed by atoms with Crippen LogP contribution in [-0.2, 0) is 4.79 Å². The lowest BCUT2D eigenvalue weighted by Gasteiger charge is -2.56. The van der Waals surface area contributed by atoms with Gasteiger partial charge in [-0.3, -0.25) is 4.79 Å². The zero-order chi connectivity index (χ0) is 13.3. The molecule has 4 aliphatic carbocycles. The van der Waals surface area contributed by atoms with Gasteiger partial charge >= 0.3 is 0 Å². The molecule has 0 aromatic rings. The summed E-state index contributed by atoms with van der Waals surface area (Å²) in [4.78, 5) is 12.0. The third kappa shape index (κ3) is 1.56. The van der Waals surface area contributed by atoms with E-state index < -0.39 is 0 Å². The van der Waals surface area contributed by atoms with E-state index >= 15 is 0 Å². The van der Waals surface area contributed by atoms with Gasteiger partial charge in [-0.1, -0.05) is 20.3 Å². The minimum Gasteiger partial charge on any atom is -0.300 e. The first-order valence-electron chi connectivity index (χ1n) is 8.55. The molecule has 0 aliphatic heterocycles. The summed E-state index contributed by atoms with van der Waals surface area (Å²) in [6.45, 7) is 5.03. The summed E-state index contributed by atoms with van der Waals surface area (Å²) in [6.07, 6.45) is 11.8. The van der Waals surface area contributed by atoms with Crippen molar-refractivity contribution in [1.29, 1.82) is 0 Å². The van der Waals surface area contributed by atoms with Gasteiger partial charge in [-0.05, 0) is 73.0 Å². The molecule has 0 amide bonds. The van der Waals surface area contributed by atoms with Crippen molar-refractivity contribution < 1.29 is 4.79 Å². The lowest BCUT2D eigenvalue weighted by molar-refractivity contribution is -0.118. The molecule has 0 aromatic carbocycles. The van der Waals surface area contributed by atoms with Crippen LogP contribution in [0.5, 0.6) is 0 Å². The fourth-order valence-electron chi connectivity index (χ4n) is 6.91. The Balaban J connectivity index is 1.67. The summed E-state index contributed by atoms with van der Waals surface area (Å²) in [5.41, 5.74) is 1.04. The quantitative estimate of drug-likeness (QED) is 0.622. The van der Waals surface area contributed by atoms with Crippen LogP contribution in [-0.4, -0.2) is 5.78 Å². The fraction of sp³-hybridized carbons (Fsp3) is 0.944. The van der Waals surface area contributed by atoms with Gasteiger partial charge in [-0.2, -0.15) is 0 Å². The van der Waals surface area contributed by atoms with Crippen LogP contribution in [0.1, 0.15) is 71.6 Å². The lowest BCUT2D eigenvalue weighted by Crippen LogP contribution is -2.49. The van der Waals surface area contributed by atoms with E-state index in [-0.39, 0.29) is 0 Å². The second-order valence-electron chi connectivity index (χ2n) is 8.66. The molecule has 1 heteroatoms. The van der Waals surface area contributed by atoms with E-state index in [0.29, 0.717) is 16.6 Å². The molecule has 0 saturated heterocycles. The summed E-state index contributed by atoms with van der Waals surface area (Å²) in [7, 11) is 0. The van der Waals surface area contributed by atoms with Gasteiger partial charge in [0.1, 0.15) is 5.78 Å². The van der Waals surface area contributed by atoms with Crippen molar-refractivity contribution in [1.82, 2.24) is 0 Å². The number of hydrogen-bond donors (Lipinski definition) is 0. The van der Waals surface area contributed by atoms with Crippen molar-refractivity contribution in [3.05, 3.63) is 0 Å². The van der Waals surface area contributed by atoms with Gasteiger partial charge in [0, 0.05) is 12.8 Å². The number of carbonyl (C=O) groups excluding carboxylic acids is 1. The number of Topliss-reactive ketones (excluding diaryl/α,β-unsaturated/α-hetero) is 1. The van der Waals surface area contributed by atoms with Gasteiger partial charge in [-0.15, -0.1) is 0 Å². The topological polar surface area (TPSA) is 17.1 Å². The van der Waals surface area contributed by atoms with Gasteiger partial charge in [0.2, 0.25) is 0 Å². The molecule has 6 atom stereocenters. The number of carbonyl (C=O) groups is 1. The average molecular weight is 260 g/mol. The molecule has 0 bridgehead atoms. The Morgan fingerprint density at radius 2 is 1.84 bits per heavy atom. The van der Waals surface area contributed by atoms with Crippen LogP contribution in [0.4, 0.5) is 0 Å². The Bertz CT molecular complexity index is 414. The maximum Gasteiger partial charge on any atom is 0.133 e. The Kier molecular flexibility index (Phi) is 2.52. The molecule has 4 aliphatic rings. The van der Waals surface area contributed by atoms with Gasteiger partial charge < -0.3 is 0 Å². The van der Waals surface area contributed by atoms with E-state index in [1.807, 2.05) is 0 Å². The largest absolute Gasteiger partial charge is 0.300 e. The first kappa shape index (κ1) is 12.4. The highest BCUT2D eigenvalue weighted by Crippen LogP contribution is 2.66. The van der Waals surface area contributed by atoms with Crippen LogP contribution in [0.15, 0.2) is 0 Å². The molecule has 4 rings (SSSR count). The van der Waals surface area contributed by atoms with Crippen LogP contribution < -0.4 is 0 Å². The summed E-state index contributed by atoms with van der Waals surface area (Å²) in [6, 6.07) is 0. The number of fused-ring (bicyclic) bond motifs is 5. The summed E-state index contributed by atoms with van der Waals surface area (Å²) >= 11 is 0. The second-order valence-corrected chi connectivity index (χ2v) is 8.66. The second kappa shape index (κ2) is 3.86. The zero-order valence-corrected chi connectivity index (χ0v) is 12.6. The highest BCUT2D eigenvalue weighted by atomic mass is 16.1. The standard InChI is InChI=1S/C18H28O/c1-17-8-3-4-15(17)14-6-5-12-10-13(19)11-18(12,2)16(14)7-9-17/h12,14-16H,3-11H2,1-2H3/t12-,14-,15-,16+,17-,18-/m0/s1. The van der Waals surface area contributed by atoms with Gasteiger partial charge in [0.25, 0.3) is 0 Å². The van der Waals surface area contributed by atoms with Crippen molar-refractivity contribution in [2.24, 2.45) is 34.5 Å². The third-order valence-electron chi connectivity index (χ3n) is 7.90. The van der Waals surface area contributed by atoms with Crippen molar-refractivity contribution in [3.63, 3.8) is 0 Å². The predicted molar refractivity (Wildman–Crippen MR) is 76.7 cm³/mol. The van der Waals surface area contributed by atoms with Gasteiger partial charge in [0.05, 0.1) is 0 Å². The Morgan fingerprint density at radius 3 is 2.68 bits per heavy atom. The van der Waals surface area contributed by atoms with Crippen LogP contribution in [0.25, 0.3) is 0 Å². The number of rotatable bonds is 0. The van der Waals surface area contributed by atoms with Crippen LogP contribution in [0, 0.1) is 34.5 Å².